The lowest BCUT2D eigenvalue weighted by Gasteiger charge is -2.05. The average molecular weight is 276 g/mol. The molecule has 0 aliphatic carbocycles. The van der Waals surface area contributed by atoms with Gasteiger partial charge < -0.3 is 10.5 Å². The summed E-state index contributed by atoms with van der Waals surface area (Å²) in [6.07, 6.45) is 2.77. The van der Waals surface area contributed by atoms with Crippen molar-refractivity contribution in [2.75, 3.05) is 13.2 Å². The number of hydrogen-bond donors (Lipinski definition) is 1. The van der Waals surface area contributed by atoms with E-state index in [0.29, 0.717) is 6.54 Å². The van der Waals surface area contributed by atoms with Crippen LogP contribution in [-0.2, 0) is 12.8 Å². The van der Waals surface area contributed by atoms with Crippen molar-refractivity contribution < 1.29 is 4.74 Å². The number of rotatable bonds is 7. The van der Waals surface area contributed by atoms with Gasteiger partial charge in [-0.1, -0.05) is 19.1 Å². The first-order valence-electron chi connectivity index (χ1n) is 6.67. The zero-order valence-corrected chi connectivity index (χ0v) is 12.1. The van der Waals surface area contributed by atoms with Gasteiger partial charge in [-0.2, -0.15) is 0 Å². The fraction of sp³-hybridized carbons (Fsp3) is 0.400. The molecule has 0 aliphatic rings. The summed E-state index contributed by atoms with van der Waals surface area (Å²) in [6, 6.07) is 8.27. The van der Waals surface area contributed by atoms with Crippen molar-refractivity contribution in [3.8, 4) is 5.75 Å². The minimum atomic E-state index is 0.659. The molecule has 19 heavy (non-hydrogen) atoms. The highest BCUT2D eigenvalue weighted by Gasteiger charge is 2.03. The Hall–Kier alpha value is -1.39. The monoisotopic (exact) mass is 276 g/mol. The van der Waals surface area contributed by atoms with E-state index in [2.05, 4.69) is 29.4 Å². The van der Waals surface area contributed by atoms with Crippen molar-refractivity contribution in [2.24, 2.45) is 5.73 Å². The van der Waals surface area contributed by atoms with Crippen LogP contribution in [0.15, 0.2) is 29.6 Å². The van der Waals surface area contributed by atoms with Crippen LogP contribution < -0.4 is 10.5 Å². The Morgan fingerprint density at radius 3 is 2.74 bits per heavy atom. The van der Waals surface area contributed by atoms with Crippen molar-refractivity contribution in [3.05, 3.63) is 45.9 Å². The Morgan fingerprint density at radius 1 is 1.26 bits per heavy atom. The summed E-state index contributed by atoms with van der Waals surface area (Å²) in [5, 5.41) is 3.24. The zero-order chi connectivity index (χ0) is 13.5. The second kappa shape index (κ2) is 7.26. The van der Waals surface area contributed by atoms with E-state index in [0.717, 1.165) is 42.3 Å². The Labute approximate surface area is 118 Å². The molecule has 4 heteroatoms. The van der Waals surface area contributed by atoms with E-state index in [1.54, 1.807) is 11.3 Å². The maximum absolute atomic E-state index is 5.57. The van der Waals surface area contributed by atoms with Crippen LogP contribution in [0.5, 0.6) is 5.75 Å². The van der Waals surface area contributed by atoms with Crippen LogP contribution in [0, 0.1) is 0 Å². The number of hydrogen-bond acceptors (Lipinski definition) is 4. The minimum Gasteiger partial charge on any atom is -0.494 e. The Bertz CT molecular complexity index is 493. The van der Waals surface area contributed by atoms with Gasteiger partial charge in [0.2, 0.25) is 0 Å². The summed E-state index contributed by atoms with van der Waals surface area (Å²) in [6.45, 7) is 3.54. The van der Waals surface area contributed by atoms with Crippen LogP contribution in [0.25, 0.3) is 0 Å². The van der Waals surface area contributed by atoms with Gasteiger partial charge in [0, 0.05) is 18.2 Å². The molecule has 0 radical (unpaired) electrons. The molecular weight excluding hydrogens is 256 g/mol. The fourth-order valence-electron chi connectivity index (χ4n) is 1.79. The summed E-state index contributed by atoms with van der Waals surface area (Å²) in [5.41, 5.74) is 7.89. The summed E-state index contributed by atoms with van der Waals surface area (Å²) in [7, 11) is 0. The van der Waals surface area contributed by atoms with Crippen LogP contribution >= 0.6 is 11.3 Å². The second-order valence-corrected chi connectivity index (χ2v) is 5.38. The summed E-state index contributed by atoms with van der Waals surface area (Å²) in [4.78, 5) is 4.57. The Kier molecular flexibility index (Phi) is 5.36. The van der Waals surface area contributed by atoms with Crippen molar-refractivity contribution >= 4 is 11.3 Å². The van der Waals surface area contributed by atoms with Gasteiger partial charge in [-0.25, -0.2) is 4.98 Å². The largest absolute Gasteiger partial charge is 0.494 e. The molecule has 0 fully saturated rings. The number of aromatic nitrogens is 1. The number of nitrogens with two attached hydrogens (primary N) is 1. The molecule has 1 heterocycles. The smallest absolute Gasteiger partial charge is 0.119 e. The molecule has 0 unspecified atom stereocenters. The van der Waals surface area contributed by atoms with Gasteiger partial charge in [0.1, 0.15) is 5.75 Å². The highest BCUT2D eigenvalue weighted by molar-refractivity contribution is 7.09. The maximum atomic E-state index is 5.57. The zero-order valence-electron chi connectivity index (χ0n) is 11.3. The first-order valence-corrected chi connectivity index (χ1v) is 7.55. The van der Waals surface area contributed by atoms with E-state index in [1.807, 2.05) is 12.1 Å². The standard InChI is InChI=1S/C15H20N2OS/c1-2-9-18-14-5-3-12(4-6-14)10-15-17-13(7-8-16)11-19-15/h3-6,11H,2,7-10,16H2,1H3. The Morgan fingerprint density at radius 2 is 2.05 bits per heavy atom. The Balaban J connectivity index is 1.94. The third kappa shape index (κ3) is 4.33. The van der Waals surface area contributed by atoms with E-state index in [-0.39, 0.29) is 0 Å². The summed E-state index contributed by atoms with van der Waals surface area (Å²) in [5.74, 6) is 0.938. The minimum absolute atomic E-state index is 0.659. The maximum Gasteiger partial charge on any atom is 0.119 e. The number of benzene rings is 1. The highest BCUT2D eigenvalue weighted by Crippen LogP contribution is 2.18. The van der Waals surface area contributed by atoms with Gasteiger partial charge in [0.25, 0.3) is 0 Å². The number of nitrogens with zero attached hydrogens (tertiary/aromatic N) is 1. The van der Waals surface area contributed by atoms with Crippen LogP contribution in [0.4, 0.5) is 0 Å². The molecule has 2 N–H and O–H groups in total. The molecule has 0 aliphatic heterocycles. The van der Waals surface area contributed by atoms with Crippen LogP contribution in [0.2, 0.25) is 0 Å². The highest BCUT2D eigenvalue weighted by atomic mass is 32.1. The summed E-state index contributed by atoms with van der Waals surface area (Å²) < 4.78 is 5.57. The molecule has 2 rings (SSSR count). The molecule has 0 saturated carbocycles. The molecule has 0 amide bonds. The van der Waals surface area contributed by atoms with E-state index in [4.69, 9.17) is 10.5 Å². The molecule has 2 aromatic rings. The second-order valence-electron chi connectivity index (χ2n) is 4.44. The van der Waals surface area contributed by atoms with E-state index in [1.165, 1.54) is 5.56 Å². The molecular formula is C15H20N2OS. The SMILES string of the molecule is CCCOc1ccc(Cc2nc(CCN)cs2)cc1. The predicted molar refractivity (Wildman–Crippen MR) is 79.9 cm³/mol. The first-order chi connectivity index (χ1) is 9.31. The van der Waals surface area contributed by atoms with Gasteiger partial charge >= 0.3 is 0 Å². The lowest BCUT2D eigenvalue weighted by Crippen LogP contribution is -2.02. The topological polar surface area (TPSA) is 48.1 Å². The van der Waals surface area contributed by atoms with Gasteiger partial charge in [-0.15, -0.1) is 11.3 Å². The number of thiazole rings is 1. The normalized spacial score (nSPS) is 10.6. The number of ether oxygens (including phenoxy) is 1. The third-order valence-electron chi connectivity index (χ3n) is 2.75. The van der Waals surface area contributed by atoms with E-state index < -0.39 is 0 Å². The quantitative estimate of drug-likeness (QED) is 0.845. The van der Waals surface area contributed by atoms with Crippen molar-refractivity contribution in [1.29, 1.82) is 0 Å². The van der Waals surface area contributed by atoms with Gasteiger partial charge in [0.05, 0.1) is 17.3 Å². The third-order valence-corrected chi connectivity index (χ3v) is 3.65. The molecule has 3 nitrogen and oxygen atoms in total. The first kappa shape index (κ1) is 14.0. The summed E-state index contributed by atoms with van der Waals surface area (Å²) >= 11 is 1.70. The lowest BCUT2D eigenvalue weighted by atomic mass is 10.1. The van der Waals surface area contributed by atoms with Crippen molar-refractivity contribution in [2.45, 2.75) is 26.2 Å². The molecule has 102 valence electrons. The molecule has 0 spiro atoms. The van der Waals surface area contributed by atoms with Crippen LogP contribution in [-0.4, -0.2) is 18.1 Å². The van der Waals surface area contributed by atoms with Crippen molar-refractivity contribution in [1.82, 2.24) is 4.98 Å². The van der Waals surface area contributed by atoms with Gasteiger partial charge in [0.15, 0.2) is 0 Å². The fourth-order valence-corrected chi connectivity index (χ4v) is 2.65. The lowest BCUT2D eigenvalue weighted by molar-refractivity contribution is 0.317. The molecule has 1 aromatic carbocycles. The molecule has 1 aromatic heterocycles. The average Bonchev–Trinajstić information content (AvgIpc) is 2.86. The van der Waals surface area contributed by atoms with E-state index >= 15 is 0 Å². The predicted octanol–water partition coefficient (Wildman–Crippen LogP) is 3.02. The molecule has 0 atom stereocenters. The van der Waals surface area contributed by atoms with Crippen LogP contribution in [0.3, 0.4) is 0 Å². The molecule has 0 saturated heterocycles. The molecule has 0 bridgehead atoms. The van der Waals surface area contributed by atoms with Crippen molar-refractivity contribution in [3.63, 3.8) is 0 Å². The van der Waals surface area contributed by atoms with Crippen LogP contribution in [0.1, 0.15) is 29.6 Å². The van der Waals surface area contributed by atoms with Gasteiger partial charge in [-0.05, 0) is 30.7 Å². The van der Waals surface area contributed by atoms with E-state index in [9.17, 15) is 0 Å². The van der Waals surface area contributed by atoms with Gasteiger partial charge in [-0.3, -0.25) is 0 Å².